The number of rotatable bonds is 4. The Hall–Kier alpha value is -2.47. The molecule has 0 spiro atoms. The number of carbonyl (C=O) groups is 1. The largest absolute Gasteiger partial charge is 0.416 e. The minimum absolute atomic E-state index is 0.115. The van der Waals surface area contributed by atoms with Crippen molar-refractivity contribution in [3.63, 3.8) is 0 Å². The second kappa shape index (κ2) is 8.39. The molecule has 1 aromatic heterocycles. The molecule has 1 atom stereocenters. The molecule has 2 aliphatic rings. The van der Waals surface area contributed by atoms with Gasteiger partial charge < -0.3 is 5.11 Å². The normalized spacial score (nSPS) is 20.5. The van der Waals surface area contributed by atoms with Crippen molar-refractivity contribution in [2.75, 3.05) is 0 Å². The molecule has 2 aliphatic carbocycles. The Morgan fingerprint density at radius 3 is 2.27 bits per heavy atom. The first-order chi connectivity index (χ1) is 15.4. The molecular weight excluding hydrogens is 427 g/mol. The maximum absolute atomic E-state index is 13.8. The van der Waals surface area contributed by atoms with Crippen LogP contribution in [0.2, 0.25) is 0 Å². The van der Waals surface area contributed by atoms with Crippen LogP contribution in [0.3, 0.4) is 0 Å². The van der Waals surface area contributed by atoms with Crippen molar-refractivity contribution >= 4 is 11.4 Å². The van der Waals surface area contributed by atoms with E-state index in [0.29, 0.717) is 29.7 Å². The van der Waals surface area contributed by atoms with Gasteiger partial charge in [0.05, 0.1) is 22.9 Å². The van der Waals surface area contributed by atoms with Gasteiger partial charge in [0.1, 0.15) is 0 Å². The van der Waals surface area contributed by atoms with Crippen LogP contribution in [0, 0.1) is 5.41 Å². The Morgan fingerprint density at radius 1 is 1.12 bits per heavy atom. The van der Waals surface area contributed by atoms with E-state index in [2.05, 4.69) is 20.4 Å². The first-order valence-corrected chi connectivity index (χ1v) is 11.5. The summed E-state index contributed by atoms with van der Waals surface area (Å²) in [6.45, 7) is 10.0. The summed E-state index contributed by atoms with van der Waals surface area (Å²) < 4.78 is 39.1. The van der Waals surface area contributed by atoms with Crippen LogP contribution in [-0.4, -0.2) is 15.9 Å². The van der Waals surface area contributed by atoms with Crippen LogP contribution in [0.5, 0.6) is 0 Å². The molecule has 6 heteroatoms. The van der Waals surface area contributed by atoms with Crippen molar-refractivity contribution in [3.8, 4) is 0 Å². The molecule has 33 heavy (non-hydrogen) atoms. The van der Waals surface area contributed by atoms with Gasteiger partial charge in [0, 0.05) is 16.8 Å². The predicted octanol–water partition coefficient (Wildman–Crippen LogP) is 7.03. The van der Waals surface area contributed by atoms with Crippen LogP contribution < -0.4 is 0 Å². The number of ketones is 1. The van der Waals surface area contributed by atoms with Gasteiger partial charge in [-0.3, -0.25) is 9.78 Å². The highest BCUT2D eigenvalue weighted by Crippen LogP contribution is 2.48. The molecule has 2 aromatic rings. The van der Waals surface area contributed by atoms with Gasteiger partial charge in [0.15, 0.2) is 5.78 Å². The number of nitrogens with zero attached hydrogens (tertiary/aromatic N) is 1. The summed E-state index contributed by atoms with van der Waals surface area (Å²) in [7, 11) is 0. The van der Waals surface area contributed by atoms with Gasteiger partial charge in [0.2, 0.25) is 0 Å². The van der Waals surface area contributed by atoms with Gasteiger partial charge in [-0.2, -0.15) is 13.2 Å². The SMILES string of the molecule is C=C(C)c1nc2c(c(C3CCCC3)c1C(=O)c1ccc(C(F)(F)F)cc1)C(O)CC(C)(C)C2. The molecular formula is C27H30F3NO2. The first-order valence-electron chi connectivity index (χ1n) is 11.5. The van der Waals surface area contributed by atoms with Gasteiger partial charge in [-0.1, -0.05) is 45.4 Å². The zero-order chi connectivity index (χ0) is 24.1. The Labute approximate surface area is 192 Å². The molecule has 3 nitrogen and oxygen atoms in total. The third-order valence-electron chi connectivity index (χ3n) is 6.95. The van der Waals surface area contributed by atoms with E-state index < -0.39 is 17.8 Å². The Bertz CT molecular complexity index is 1090. The van der Waals surface area contributed by atoms with Crippen LogP contribution in [0.1, 0.15) is 109 Å². The van der Waals surface area contributed by atoms with Gasteiger partial charge in [-0.05, 0) is 67.2 Å². The lowest BCUT2D eigenvalue weighted by Crippen LogP contribution is -2.30. The van der Waals surface area contributed by atoms with Crippen molar-refractivity contribution in [3.05, 3.63) is 70.0 Å². The van der Waals surface area contributed by atoms with E-state index in [9.17, 15) is 23.1 Å². The van der Waals surface area contributed by atoms with Crippen LogP contribution in [0.4, 0.5) is 13.2 Å². The highest BCUT2D eigenvalue weighted by atomic mass is 19.4. The van der Waals surface area contributed by atoms with Gasteiger partial charge in [0.25, 0.3) is 0 Å². The Morgan fingerprint density at radius 2 is 1.73 bits per heavy atom. The molecule has 1 heterocycles. The van der Waals surface area contributed by atoms with E-state index in [1.165, 1.54) is 12.1 Å². The van der Waals surface area contributed by atoms with Crippen molar-refractivity contribution in [2.24, 2.45) is 5.41 Å². The minimum atomic E-state index is -4.47. The van der Waals surface area contributed by atoms with Gasteiger partial charge in [-0.25, -0.2) is 0 Å². The number of hydrogen-bond donors (Lipinski definition) is 1. The van der Waals surface area contributed by atoms with Crippen molar-refractivity contribution in [2.45, 2.75) is 77.5 Å². The maximum Gasteiger partial charge on any atom is 0.416 e. The molecule has 176 valence electrons. The van der Waals surface area contributed by atoms with Crippen molar-refractivity contribution in [1.82, 2.24) is 4.98 Å². The van der Waals surface area contributed by atoms with E-state index in [-0.39, 0.29) is 22.7 Å². The van der Waals surface area contributed by atoms with Crippen LogP contribution in [-0.2, 0) is 12.6 Å². The molecule has 1 unspecified atom stereocenters. The van der Waals surface area contributed by atoms with E-state index >= 15 is 0 Å². The number of pyridine rings is 1. The van der Waals surface area contributed by atoms with Crippen LogP contribution in [0.15, 0.2) is 30.8 Å². The number of fused-ring (bicyclic) bond motifs is 1. The topological polar surface area (TPSA) is 50.2 Å². The third-order valence-corrected chi connectivity index (χ3v) is 6.95. The number of hydrogen-bond acceptors (Lipinski definition) is 3. The number of aliphatic hydroxyl groups is 1. The number of halogens is 3. The number of carbonyl (C=O) groups excluding carboxylic acids is 1. The zero-order valence-electron chi connectivity index (χ0n) is 19.4. The second-order valence-corrected chi connectivity index (χ2v) is 10.3. The predicted molar refractivity (Wildman–Crippen MR) is 122 cm³/mol. The van der Waals surface area contributed by atoms with E-state index in [4.69, 9.17) is 4.98 Å². The van der Waals surface area contributed by atoms with Gasteiger partial charge >= 0.3 is 6.18 Å². The molecule has 1 saturated carbocycles. The monoisotopic (exact) mass is 457 g/mol. The number of aliphatic hydroxyl groups excluding tert-OH is 1. The summed E-state index contributed by atoms with van der Waals surface area (Å²) in [6, 6.07) is 4.33. The number of allylic oxidation sites excluding steroid dienone is 1. The van der Waals surface area contributed by atoms with Crippen molar-refractivity contribution in [1.29, 1.82) is 0 Å². The Balaban J connectivity index is 1.94. The second-order valence-electron chi connectivity index (χ2n) is 10.3. The van der Waals surface area contributed by atoms with E-state index in [0.717, 1.165) is 54.6 Å². The fourth-order valence-corrected chi connectivity index (χ4v) is 5.46. The molecule has 0 saturated heterocycles. The highest BCUT2D eigenvalue weighted by Gasteiger charge is 2.39. The molecule has 1 N–H and O–H groups in total. The summed E-state index contributed by atoms with van der Waals surface area (Å²) in [5.41, 5.74) is 3.17. The fraction of sp³-hybridized carbons (Fsp3) is 0.481. The average Bonchev–Trinajstić information content (AvgIpc) is 3.25. The van der Waals surface area contributed by atoms with E-state index in [1.54, 1.807) is 6.92 Å². The average molecular weight is 458 g/mol. The molecule has 1 aromatic carbocycles. The smallest absolute Gasteiger partial charge is 0.388 e. The summed E-state index contributed by atoms with van der Waals surface area (Å²) in [5.74, 6) is -0.250. The molecule has 0 aliphatic heterocycles. The lowest BCUT2D eigenvalue weighted by Gasteiger charge is -2.37. The Kier molecular flexibility index (Phi) is 6.02. The summed E-state index contributed by atoms with van der Waals surface area (Å²) in [5, 5.41) is 11.2. The van der Waals surface area contributed by atoms with E-state index in [1.807, 2.05) is 0 Å². The standard InChI is InChI=1S/C27H30F3NO2/c1-15(2)24-23(25(33)17-9-11-18(12-10-17)27(28,29)30)21(16-7-5-6-8-16)22-19(31-24)13-26(3,4)14-20(22)32/h9-12,16,20,32H,1,5-8,13-14H2,2-4H3. The molecule has 4 rings (SSSR count). The minimum Gasteiger partial charge on any atom is -0.388 e. The molecule has 0 radical (unpaired) electrons. The number of aromatic nitrogens is 1. The third kappa shape index (κ3) is 4.50. The quantitative estimate of drug-likeness (QED) is 0.502. The zero-order valence-corrected chi connectivity index (χ0v) is 19.4. The van der Waals surface area contributed by atoms with Crippen LogP contribution in [0.25, 0.3) is 5.57 Å². The molecule has 1 fully saturated rings. The lowest BCUT2D eigenvalue weighted by atomic mass is 9.70. The lowest BCUT2D eigenvalue weighted by molar-refractivity contribution is -0.137. The van der Waals surface area contributed by atoms with Crippen molar-refractivity contribution < 1.29 is 23.1 Å². The van der Waals surface area contributed by atoms with Crippen LogP contribution >= 0.6 is 0 Å². The summed E-state index contributed by atoms with van der Waals surface area (Å²) in [6.07, 6.45) is -0.0330. The first kappa shape index (κ1) is 23.7. The summed E-state index contributed by atoms with van der Waals surface area (Å²) >= 11 is 0. The number of benzene rings is 1. The highest BCUT2D eigenvalue weighted by molar-refractivity contribution is 6.12. The number of alkyl halides is 3. The summed E-state index contributed by atoms with van der Waals surface area (Å²) in [4.78, 5) is 18.6. The maximum atomic E-state index is 13.8. The molecule has 0 amide bonds. The van der Waals surface area contributed by atoms with Gasteiger partial charge in [-0.15, -0.1) is 0 Å². The molecule has 0 bridgehead atoms. The fourth-order valence-electron chi connectivity index (χ4n) is 5.46.